The Balaban J connectivity index is 2.39. The Kier molecular flexibility index (Phi) is 3.54. The van der Waals surface area contributed by atoms with Gasteiger partial charge in [0.05, 0.1) is 29.2 Å². The van der Waals surface area contributed by atoms with Crippen LogP contribution in [0.5, 0.6) is 0 Å². The molecule has 0 radical (unpaired) electrons. The van der Waals surface area contributed by atoms with E-state index in [2.05, 4.69) is 12.0 Å². The number of aromatic nitrogens is 2. The number of nitrogens with zero attached hydrogens (tertiary/aromatic N) is 2. The molecule has 0 fully saturated rings. The molecule has 1 unspecified atom stereocenters. The van der Waals surface area contributed by atoms with Crippen LogP contribution in [-0.4, -0.2) is 9.78 Å². The standard InChI is InChI=1S/C12H16ClN3O/c1-3-5-16-12(10(13)7-15-16)11(14)9-4-6-17-8(9)2/h4,6-7,11H,3,5,14H2,1-2H3. The molecule has 0 aliphatic rings. The van der Waals surface area contributed by atoms with Gasteiger partial charge in [-0.2, -0.15) is 5.10 Å². The summed E-state index contributed by atoms with van der Waals surface area (Å²) in [4.78, 5) is 0. The van der Waals surface area contributed by atoms with Crippen LogP contribution in [0.25, 0.3) is 0 Å². The lowest BCUT2D eigenvalue weighted by Gasteiger charge is -2.14. The number of nitrogens with two attached hydrogens (primary N) is 1. The Hall–Kier alpha value is -1.26. The quantitative estimate of drug-likeness (QED) is 0.912. The highest BCUT2D eigenvalue weighted by atomic mass is 35.5. The summed E-state index contributed by atoms with van der Waals surface area (Å²) in [6.45, 7) is 4.80. The fourth-order valence-electron chi connectivity index (χ4n) is 1.94. The minimum atomic E-state index is -0.296. The van der Waals surface area contributed by atoms with Crippen molar-refractivity contribution in [3.05, 3.63) is 40.6 Å². The van der Waals surface area contributed by atoms with Gasteiger partial charge in [-0.1, -0.05) is 18.5 Å². The van der Waals surface area contributed by atoms with Crippen LogP contribution in [0.2, 0.25) is 5.02 Å². The fourth-order valence-corrected chi connectivity index (χ4v) is 2.19. The first-order chi connectivity index (χ1) is 8.15. The largest absolute Gasteiger partial charge is 0.469 e. The van der Waals surface area contributed by atoms with Crippen molar-refractivity contribution in [1.82, 2.24) is 9.78 Å². The van der Waals surface area contributed by atoms with Gasteiger partial charge in [-0.05, 0) is 19.4 Å². The Morgan fingerprint density at radius 3 is 2.94 bits per heavy atom. The lowest BCUT2D eigenvalue weighted by molar-refractivity contribution is 0.521. The first-order valence-corrected chi connectivity index (χ1v) is 6.03. The maximum Gasteiger partial charge on any atom is 0.105 e. The van der Waals surface area contributed by atoms with Crippen LogP contribution in [0.15, 0.2) is 22.9 Å². The van der Waals surface area contributed by atoms with Gasteiger partial charge in [0, 0.05) is 12.1 Å². The van der Waals surface area contributed by atoms with Gasteiger partial charge in [0.1, 0.15) is 5.76 Å². The molecule has 17 heavy (non-hydrogen) atoms. The van der Waals surface area contributed by atoms with E-state index >= 15 is 0 Å². The minimum Gasteiger partial charge on any atom is -0.469 e. The zero-order valence-corrected chi connectivity index (χ0v) is 10.7. The summed E-state index contributed by atoms with van der Waals surface area (Å²) < 4.78 is 7.13. The Labute approximate surface area is 105 Å². The van der Waals surface area contributed by atoms with Crippen LogP contribution in [0.4, 0.5) is 0 Å². The topological polar surface area (TPSA) is 57.0 Å². The summed E-state index contributed by atoms with van der Waals surface area (Å²) in [5, 5.41) is 4.84. The summed E-state index contributed by atoms with van der Waals surface area (Å²) in [5.74, 6) is 0.817. The normalized spacial score (nSPS) is 12.9. The third kappa shape index (κ3) is 2.23. The number of rotatable bonds is 4. The predicted octanol–water partition coefficient (Wildman–Crippen LogP) is 2.90. The molecule has 0 amide bonds. The van der Waals surface area contributed by atoms with Gasteiger partial charge in [0.25, 0.3) is 0 Å². The molecule has 0 saturated carbocycles. The molecule has 0 aliphatic carbocycles. The smallest absolute Gasteiger partial charge is 0.105 e. The molecule has 5 heteroatoms. The molecule has 2 rings (SSSR count). The molecular weight excluding hydrogens is 238 g/mol. The predicted molar refractivity (Wildman–Crippen MR) is 67.0 cm³/mol. The summed E-state index contributed by atoms with van der Waals surface area (Å²) in [5.41, 5.74) is 8.03. The van der Waals surface area contributed by atoms with Crippen molar-refractivity contribution in [3.8, 4) is 0 Å². The van der Waals surface area contributed by atoms with Gasteiger partial charge in [0.15, 0.2) is 0 Å². The molecule has 0 spiro atoms. The van der Waals surface area contributed by atoms with Gasteiger partial charge < -0.3 is 10.2 Å². The van der Waals surface area contributed by atoms with Crippen LogP contribution in [0.1, 0.15) is 36.4 Å². The number of halogens is 1. The van der Waals surface area contributed by atoms with E-state index in [1.54, 1.807) is 12.5 Å². The number of furan rings is 1. The molecule has 1 atom stereocenters. The van der Waals surface area contributed by atoms with Gasteiger partial charge >= 0.3 is 0 Å². The number of aryl methyl sites for hydroxylation is 2. The maximum atomic E-state index is 6.23. The van der Waals surface area contributed by atoms with Crippen molar-refractivity contribution in [3.63, 3.8) is 0 Å². The molecule has 4 nitrogen and oxygen atoms in total. The van der Waals surface area contributed by atoms with E-state index in [1.165, 1.54) is 0 Å². The third-order valence-electron chi connectivity index (χ3n) is 2.80. The van der Waals surface area contributed by atoms with Crippen molar-refractivity contribution >= 4 is 11.6 Å². The second-order valence-electron chi connectivity index (χ2n) is 4.01. The first kappa shape index (κ1) is 12.2. The second kappa shape index (κ2) is 4.94. The molecule has 0 aromatic carbocycles. The average Bonchev–Trinajstić information content (AvgIpc) is 2.86. The van der Waals surface area contributed by atoms with Crippen LogP contribution in [-0.2, 0) is 6.54 Å². The van der Waals surface area contributed by atoms with Crippen LogP contribution < -0.4 is 5.73 Å². The highest BCUT2D eigenvalue weighted by Gasteiger charge is 2.20. The van der Waals surface area contributed by atoms with Gasteiger partial charge in [0.2, 0.25) is 0 Å². The Morgan fingerprint density at radius 2 is 2.35 bits per heavy atom. The summed E-state index contributed by atoms with van der Waals surface area (Å²) in [6, 6.07) is 1.58. The summed E-state index contributed by atoms with van der Waals surface area (Å²) in [6.07, 6.45) is 4.27. The summed E-state index contributed by atoms with van der Waals surface area (Å²) >= 11 is 6.15. The number of hydrogen-bond donors (Lipinski definition) is 1. The van der Waals surface area contributed by atoms with Gasteiger partial charge in [-0.25, -0.2) is 0 Å². The minimum absolute atomic E-state index is 0.296. The highest BCUT2D eigenvalue weighted by molar-refractivity contribution is 6.31. The zero-order chi connectivity index (χ0) is 12.4. The van der Waals surface area contributed by atoms with Crippen molar-refractivity contribution in [2.24, 2.45) is 5.73 Å². The molecular formula is C12H16ClN3O. The first-order valence-electron chi connectivity index (χ1n) is 5.66. The average molecular weight is 254 g/mol. The highest BCUT2D eigenvalue weighted by Crippen LogP contribution is 2.28. The molecule has 0 aliphatic heterocycles. The van der Waals surface area contributed by atoms with E-state index in [0.717, 1.165) is 30.0 Å². The molecule has 92 valence electrons. The molecule has 2 N–H and O–H groups in total. The van der Waals surface area contributed by atoms with E-state index in [1.807, 2.05) is 17.7 Å². The molecule has 0 saturated heterocycles. The van der Waals surface area contributed by atoms with Crippen molar-refractivity contribution in [1.29, 1.82) is 0 Å². The van der Waals surface area contributed by atoms with E-state index in [4.69, 9.17) is 21.8 Å². The van der Waals surface area contributed by atoms with Gasteiger partial charge in [-0.3, -0.25) is 4.68 Å². The van der Waals surface area contributed by atoms with Crippen LogP contribution in [0, 0.1) is 6.92 Å². The third-order valence-corrected chi connectivity index (χ3v) is 3.09. The van der Waals surface area contributed by atoms with E-state index in [-0.39, 0.29) is 6.04 Å². The monoisotopic (exact) mass is 253 g/mol. The molecule has 2 aromatic rings. The van der Waals surface area contributed by atoms with Crippen molar-refractivity contribution < 1.29 is 4.42 Å². The van der Waals surface area contributed by atoms with Crippen LogP contribution in [0.3, 0.4) is 0 Å². The lowest BCUT2D eigenvalue weighted by Crippen LogP contribution is -2.18. The Bertz CT molecular complexity index is 504. The van der Waals surface area contributed by atoms with Crippen LogP contribution >= 0.6 is 11.6 Å². The Morgan fingerprint density at radius 1 is 1.59 bits per heavy atom. The zero-order valence-electron chi connectivity index (χ0n) is 9.98. The van der Waals surface area contributed by atoms with E-state index in [0.29, 0.717) is 5.02 Å². The molecule has 2 aromatic heterocycles. The van der Waals surface area contributed by atoms with E-state index < -0.39 is 0 Å². The SMILES string of the molecule is CCCn1ncc(Cl)c1C(N)c1ccoc1C. The lowest BCUT2D eigenvalue weighted by atomic mass is 10.1. The summed E-state index contributed by atoms with van der Waals surface area (Å²) in [7, 11) is 0. The maximum absolute atomic E-state index is 6.23. The van der Waals surface area contributed by atoms with Crippen molar-refractivity contribution in [2.45, 2.75) is 32.9 Å². The van der Waals surface area contributed by atoms with Gasteiger partial charge in [-0.15, -0.1) is 0 Å². The number of hydrogen-bond acceptors (Lipinski definition) is 3. The molecule has 0 bridgehead atoms. The second-order valence-corrected chi connectivity index (χ2v) is 4.42. The van der Waals surface area contributed by atoms with Crippen molar-refractivity contribution in [2.75, 3.05) is 0 Å². The molecule has 2 heterocycles. The fraction of sp³-hybridized carbons (Fsp3) is 0.417. The van der Waals surface area contributed by atoms with E-state index in [9.17, 15) is 0 Å².